The van der Waals surface area contributed by atoms with Gasteiger partial charge in [0.15, 0.2) is 6.10 Å². The Labute approximate surface area is 162 Å². The molecule has 0 aliphatic rings. The molecule has 1 amide bonds. The van der Waals surface area contributed by atoms with Gasteiger partial charge in [-0.05, 0) is 50.1 Å². The van der Waals surface area contributed by atoms with Gasteiger partial charge in [0.2, 0.25) is 0 Å². The largest absolute Gasteiger partial charge is 0.497 e. The average Bonchev–Trinajstić information content (AvgIpc) is 2.72. The highest BCUT2D eigenvalue weighted by atomic mass is 16.5. The lowest BCUT2D eigenvalue weighted by atomic mass is 10.2. The number of nitrogens with zero attached hydrogens (tertiary/aromatic N) is 1. The summed E-state index contributed by atoms with van der Waals surface area (Å²) in [7, 11) is 1.61. The molecule has 27 heavy (non-hydrogen) atoms. The highest BCUT2D eigenvalue weighted by Crippen LogP contribution is 2.21. The first-order valence-corrected chi connectivity index (χ1v) is 9.53. The highest BCUT2D eigenvalue weighted by molar-refractivity contribution is 5.81. The Balaban J connectivity index is 1.92. The number of rotatable bonds is 10. The van der Waals surface area contributed by atoms with Crippen molar-refractivity contribution >= 4 is 11.6 Å². The molecule has 0 unspecified atom stereocenters. The lowest BCUT2D eigenvalue weighted by molar-refractivity contribution is -0.128. The number of anilines is 1. The summed E-state index contributed by atoms with van der Waals surface area (Å²) in [5.74, 6) is 1.21. The van der Waals surface area contributed by atoms with Crippen LogP contribution in [0.1, 0.15) is 32.8 Å². The van der Waals surface area contributed by atoms with Crippen LogP contribution in [0, 0.1) is 0 Å². The Hall–Kier alpha value is -2.69. The van der Waals surface area contributed by atoms with Gasteiger partial charge in [-0.1, -0.05) is 25.1 Å². The maximum Gasteiger partial charge on any atom is 0.261 e. The second-order valence-electron chi connectivity index (χ2n) is 6.25. The normalized spacial score (nSPS) is 11.6. The first-order chi connectivity index (χ1) is 13.1. The molecule has 0 spiro atoms. The summed E-state index contributed by atoms with van der Waals surface area (Å²) in [5.41, 5.74) is 2.26. The molecule has 0 heterocycles. The molecule has 0 saturated carbocycles. The zero-order valence-corrected chi connectivity index (χ0v) is 16.7. The van der Waals surface area contributed by atoms with Crippen molar-refractivity contribution in [2.24, 2.45) is 0 Å². The van der Waals surface area contributed by atoms with Crippen LogP contribution in [-0.4, -0.2) is 32.2 Å². The van der Waals surface area contributed by atoms with Gasteiger partial charge in [0.25, 0.3) is 5.91 Å². The molecule has 1 N–H and O–H groups in total. The summed E-state index contributed by atoms with van der Waals surface area (Å²) in [5, 5.41) is 2.97. The number of carbonyl (C=O) groups is 1. The van der Waals surface area contributed by atoms with Crippen molar-refractivity contribution in [3.05, 3.63) is 54.1 Å². The van der Waals surface area contributed by atoms with Crippen molar-refractivity contribution < 1.29 is 14.3 Å². The summed E-state index contributed by atoms with van der Waals surface area (Å²) in [4.78, 5) is 14.8. The summed E-state index contributed by atoms with van der Waals surface area (Å²) >= 11 is 0. The highest BCUT2D eigenvalue weighted by Gasteiger charge is 2.18. The fourth-order valence-corrected chi connectivity index (χ4v) is 2.88. The van der Waals surface area contributed by atoms with E-state index in [0.717, 1.165) is 18.7 Å². The monoisotopic (exact) mass is 370 g/mol. The van der Waals surface area contributed by atoms with Crippen molar-refractivity contribution in [2.45, 2.75) is 39.8 Å². The number of carbonyl (C=O) groups excluding carboxylic acids is 1. The molecule has 2 aromatic carbocycles. The lowest BCUT2D eigenvalue weighted by Gasteiger charge is -2.21. The van der Waals surface area contributed by atoms with E-state index in [4.69, 9.17) is 9.47 Å². The molecule has 0 saturated heterocycles. The quantitative estimate of drug-likeness (QED) is 0.686. The van der Waals surface area contributed by atoms with Crippen LogP contribution in [0.2, 0.25) is 0 Å². The lowest BCUT2D eigenvalue weighted by Crippen LogP contribution is -2.37. The number of nitrogens with one attached hydrogen (secondary N) is 1. The molecular weight excluding hydrogens is 340 g/mol. The average molecular weight is 370 g/mol. The van der Waals surface area contributed by atoms with E-state index in [2.05, 4.69) is 48.3 Å². The number of amides is 1. The van der Waals surface area contributed by atoms with Crippen molar-refractivity contribution in [1.82, 2.24) is 5.32 Å². The van der Waals surface area contributed by atoms with E-state index in [9.17, 15) is 4.79 Å². The van der Waals surface area contributed by atoms with Gasteiger partial charge in [0.05, 0.1) is 7.11 Å². The first kappa shape index (κ1) is 20.6. The van der Waals surface area contributed by atoms with Crippen molar-refractivity contribution in [3.63, 3.8) is 0 Å². The predicted octanol–water partition coefficient (Wildman–Crippen LogP) is 4.02. The van der Waals surface area contributed by atoms with Gasteiger partial charge >= 0.3 is 0 Å². The van der Waals surface area contributed by atoms with Crippen molar-refractivity contribution in [2.75, 3.05) is 25.1 Å². The number of methoxy groups -OCH3 is 1. The summed E-state index contributed by atoms with van der Waals surface area (Å²) in [6.07, 6.45) is 0.0521. The van der Waals surface area contributed by atoms with Gasteiger partial charge < -0.3 is 19.7 Å². The van der Waals surface area contributed by atoms with Gasteiger partial charge in [-0.15, -0.1) is 0 Å². The first-order valence-electron chi connectivity index (χ1n) is 9.53. The second-order valence-corrected chi connectivity index (χ2v) is 6.25. The Morgan fingerprint density at radius 2 is 1.70 bits per heavy atom. The molecule has 0 radical (unpaired) electrons. The standard InChI is InChI=1S/C22H30N2O3/c1-5-21(27-20-10-8-9-19(15-20)26-4)22(25)23-16-17-11-13-18(14-12-17)24(6-2)7-3/h8-15,21H,5-7,16H2,1-4H3,(H,23,25)/t21-/m1/s1. The molecule has 146 valence electrons. The Kier molecular flexibility index (Phi) is 7.99. The summed E-state index contributed by atoms with van der Waals surface area (Å²) < 4.78 is 11.0. The van der Waals surface area contributed by atoms with Gasteiger partial charge in [0, 0.05) is 31.4 Å². The smallest absolute Gasteiger partial charge is 0.261 e. The van der Waals surface area contributed by atoms with E-state index in [1.807, 2.05) is 25.1 Å². The molecule has 0 aliphatic heterocycles. The number of hydrogen-bond donors (Lipinski definition) is 1. The van der Waals surface area contributed by atoms with E-state index in [-0.39, 0.29) is 5.91 Å². The van der Waals surface area contributed by atoms with Crippen molar-refractivity contribution in [3.8, 4) is 11.5 Å². The van der Waals surface area contributed by atoms with E-state index in [1.165, 1.54) is 5.69 Å². The van der Waals surface area contributed by atoms with Crippen LogP contribution in [0.25, 0.3) is 0 Å². The predicted molar refractivity (Wildman–Crippen MR) is 110 cm³/mol. The molecule has 2 aromatic rings. The third-order valence-electron chi connectivity index (χ3n) is 4.51. The van der Waals surface area contributed by atoms with Gasteiger partial charge in [0.1, 0.15) is 11.5 Å². The zero-order chi connectivity index (χ0) is 19.6. The fraction of sp³-hybridized carbons (Fsp3) is 0.409. The third kappa shape index (κ3) is 5.91. The van der Waals surface area contributed by atoms with Gasteiger partial charge in [-0.25, -0.2) is 0 Å². The molecule has 0 fully saturated rings. The zero-order valence-electron chi connectivity index (χ0n) is 16.7. The van der Waals surface area contributed by atoms with Crippen LogP contribution in [0.3, 0.4) is 0 Å². The topological polar surface area (TPSA) is 50.8 Å². The fourth-order valence-electron chi connectivity index (χ4n) is 2.88. The molecule has 1 atom stereocenters. The third-order valence-corrected chi connectivity index (χ3v) is 4.51. The number of benzene rings is 2. The molecule has 0 bridgehead atoms. The van der Waals surface area contributed by atoms with E-state index in [1.54, 1.807) is 13.2 Å². The van der Waals surface area contributed by atoms with E-state index >= 15 is 0 Å². The van der Waals surface area contributed by atoms with Crippen LogP contribution in [0.4, 0.5) is 5.69 Å². The summed E-state index contributed by atoms with van der Waals surface area (Å²) in [6, 6.07) is 15.6. The van der Waals surface area contributed by atoms with Crippen LogP contribution >= 0.6 is 0 Å². The number of hydrogen-bond acceptors (Lipinski definition) is 4. The second kappa shape index (κ2) is 10.5. The van der Waals surface area contributed by atoms with Crippen LogP contribution in [0.15, 0.2) is 48.5 Å². The van der Waals surface area contributed by atoms with Crippen LogP contribution in [-0.2, 0) is 11.3 Å². The Morgan fingerprint density at radius 1 is 1.04 bits per heavy atom. The van der Waals surface area contributed by atoms with Crippen molar-refractivity contribution in [1.29, 1.82) is 0 Å². The molecule has 5 nitrogen and oxygen atoms in total. The molecule has 5 heteroatoms. The number of ether oxygens (including phenoxy) is 2. The SMILES string of the molecule is CC[C@@H](Oc1cccc(OC)c1)C(=O)NCc1ccc(N(CC)CC)cc1. The minimum absolute atomic E-state index is 0.117. The van der Waals surface area contributed by atoms with Crippen LogP contribution in [0.5, 0.6) is 11.5 Å². The molecule has 0 aliphatic carbocycles. The van der Waals surface area contributed by atoms with E-state index in [0.29, 0.717) is 24.5 Å². The maximum atomic E-state index is 12.5. The minimum atomic E-state index is -0.535. The summed E-state index contributed by atoms with van der Waals surface area (Å²) in [6.45, 7) is 8.66. The molecule has 0 aromatic heterocycles. The van der Waals surface area contributed by atoms with E-state index < -0.39 is 6.10 Å². The van der Waals surface area contributed by atoms with Gasteiger partial charge in [-0.2, -0.15) is 0 Å². The minimum Gasteiger partial charge on any atom is -0.497 e. The van der Waals surface area contributed by atoms with Crippen LogP contribution < -0.4 is 19.7 Å². The van der Waals surface area contributed by atoms with Gasteiger partial charge in [-0.3, -0.25) is 4.79 Å². The Morgan fingerprint density at radius 3 is 2.30 bits per heavy atom. The Bertz CT molecular complexity index is 712. The molecule has 2 rings (SSSR count). The molecular formula is C22H30N2O3. The maximum absolute atomic E-state index is 12.5.